The van der Waals surface area contributed by atoms with Gasteiger partial charge in [-0.1, -0.05) is 0 Å². The number of aliphatic hydroxyl groups excluding tert-OH is 1. The minimum Gasteiger partial charge on any atom is -0.396 e. The lowest BCUT2D eigenvalue weighted by Crippen LogP contribution is -2.35. The van der Waals surface area contributed by atoms with Crippen LogP contribution in [0.3, 0.4) is 0 Å². The number of aliphatic hydroxyl groups is 1. The molecule has 0 aromatic rings. The molecule has 1 aliphatic rings. The van der Waals surface area contributed by atoms with Gasteiger partial charge in [0.25, 0.3) is 0 Å². The highest BCUT2D eigenvalue weighted by molar-refractivity contribution is 7.99. The van der Waals surface area contributed by atoms with Crippen molar-refractivity contribution >= 4 is 17.7 Å². The Hall–Kier alpha value is -0.260. The molecule has 0 radical (unpaired) electrons. The molecule has 1 fully saturated rings. The summed E-state index contributed by atoms with van der Waals surface area (Å²) in [6.45, 7) is 1.65. The Morgan fingerprint density at radius 2 is 2.40 bits per heavy atom. The van der Waals surface area contributed by atoms with Crippen molar-refractivity contribution in [2.75, 3.05) is 31.3 Å². The monoisotopic (exact) mass is 233 g/mol. The lowest BCUT2D eigenvalue weighted by Gasteiger charge is -2.09. The van der Waals surface area contributed by atoms with E-state index in [1.807, 2.05) is 0 Å². The minimum atomic E-state index is -0.215. The molecule has 5 heteroatoms. The number of carbonyl (C=O) groups excluding carboxylic acids is 1. The second-order valence-electron chi connectivity index (χ2n) is 3.48. The van der Waals surface area contributed by atoms with Crippen molar-refractivity contribution in [3.63, 3.8) is 0 Å². The van der Waals surface area contributed by atoms with Gasteiger partial charge in [0.15, 0.2) is 0 Å². The maximum atomic E-state index is 11.4. The number of rotatable bonds is 7. The minimum absolute atomic E-state index is 0.0234. The number of carbonyl (C=O) groups is 1. The van der Waals surface area contributed by atoms with Gasteiger partial charge in [-0.15, -0.1) is 0 Å². The van der Waals surface area contributed by atoms with Crippen molar-refractivity contribution in [1.29, 1.82) is 0 Å². The maximum Gasteiger partial charge on any atom is 0.249 e. The molecular formula is C10H19NO3S. The highest BCUT2D eigenvalue weighted by Crippen LogP contribution is 2.11. The van der Waals surface area contributed by atoms with Crippen LogP contribution in [-0.2, 0) is 9.53 Å². The van der Waals surface area contributed by atoms with Gasteiger partial charge in [0.2, 0.25) is 5.91 Å². The van der Waals surface area contributed by atoms with E-state index in [4.69, 9.17) is 9.84 Å². The van der Waals surface area contributed by atoms with Crippen molar-refractivity contribution in [2.24, 2.45) is 0 Å². The molecule has 0 bridgehead atoms. The van der Waals surface area contributed by atoms with E-state index in [0.717, 1.165) is 30.8 Å². The Bertz CT molecular complexity index is 184. The summed E-state index contributed by atoms with van der Waals surface area (Å²) in [5, 5.41) is 11.4. The molecule has 88 valence electrons. The molecule has 0 saturated carbocycles. The fraction of sp³-hybridized carbons (Fsp3) is 0.900. The molecule has 1 amide bonds. The van der Waals surface area contributed by atoms with Crippen LogP contribution in [0.2, 0.25) is 0 Å². The third kappa shape index (κ3) is 5.39. The van der Waals surface area contributed by atoms with Gasteiger partial charge >= 0.3 is 0 Å². The van der Waals surface area contributed by atoms with Crippen molar-refractivity contribution in [3.05, 3.63) is 0 Å². The van der Waals surface area contributed by atoms with E-state index in [1.54, 1.807) is 11.8 Å². The summed E-state index contributed by atoms with van der Waals surface area (Å²) in [6, 6.07) is 0. The average Bonchev–Trinajstić information content (AvgIpc) is 2.76. The second-order valence-corrected chi connectivity index (χ2v) is 4.71. The highest BCUT2D eigenvalue weighted by atomic mass is 32.2. The summed E-state index contributed by atoms with van der Waals surface area (Å²) < 4.78 is 5.26. The summed E-state index contributed by atoms with van der Waals surface area (Å²) >= 11 is 1.75. The quantitative estimate of drug-likeness (QED) is 0.625. The van der Waals surface area contributed by atoms with Crippen LogP contribution in [0.1, 0.15) is 19.3 Å². The largest absolute Gasteiger partial charge is 0.396 e. The van der Waals surface area contributed by atoms with E-state index in [9.17, 15) is 4.79 Å². The van der Waals surface area contributed by atoms with Gasteiger partial charge in [-0.3, -0.25) is 4.79 Å². The van der Waals surface area contributed by atoms with Gasteiger partial charge in [-0.25, -0.2) is 0 Å². The van der Waals surface area contributed by atoms with Crippen molar-refractivity contribution < 1.29 is 14.6 Å². The predicted octanol–water partition coefficient (Wildman–Crippen LogP) is 0.397. The lowest BCUT2D eigenvalue weighted by atomic mass is 10.2. The third-order valence-electron chi connectivity index (χ3n) is 2.21. The van der Waals surface area contributed by atoms with Crippen LogP contribution in [0.4, 0.5) is 0 Å². The zero-order valence-electron chi connectivity index (χ0n) is 8.91. The predicted molar refractivity (Wildman–Crippen MR) is 61.0 cm³/mol. The number of hydrogen-bond acceptors (Lipinski definition) is 4. The summed E-state index contributed by atoms with van der Waals surface area (Å²) in [5.74, 6) is 1.88. The topological polar surface area (TPSA) is 58.6 Å². The van der Waals surface area contributed by atoms with Gasteiger partial charge in [0.05, 0.1) is 0 Å². The van der Waals surface area contributed by atoms with E-state index < -0.39 is 0 Å². The Morgan fingerprint density at radius 3 is 3.07 bits per heavy atom. The van der Waals surface area contributed by atoms with E-state index >= 15 is 0 Å². The van der Waals surface area contributed by atoms with Gasteiger partial charge in [0, 0.05) is 25.5 Å². The van der Waals surface area contributed by atoms with Crippen molar-refractivity contribution in [1.82, 2.24) is 5.32 Å². The van der Waals surface area contributed by atoms with Crippen molar-refractivity contribution in [2.45, 2.75) is 25.4 Å². The highest BCUT2D eigenvalue weighted by Gasteiger charge is 2.22. The van der Waals surface area contributed by atoms with Gasteiger partial charge < -0.3 is 15.2 Å². The van der Waals surface area contributed by atoms with Crippen LogP contribution in [0, 0.1) is 0 Å². The molecule has 1 aliphatic heterocycles. The van der Waals surface area contributed by atoms with E-state index in [-0.39, 0.29) is 18.6 Å². The van der Waals surface area contributed by atoms with Crippen LogP contribution in [0.25, 0.3) is 0 Å². The van der Waals surface area contributed by atoms with E-state index in [0.29, 0.717) is 13.2 Å². The van der Waals surface area contributed by atoms with Gasteiger partial charge in [-0.05, 0) is 25.0 Å². The maximum absolute atomic E-state index is 11.4. The number of amides is 1. The molecule has 0 unspecified atom stereocenters. The van der Waals surface area contributed by atoms with Gasteiger partial charge in [-0.2, -0.15) is 11.8 Å². The zero-order valence-corrected chi connectivity index (χ0v) is 9.72. The molecule has 0 aliphatic carbocycles. The summed E-state index contributed by atoms with van der Waals surface area (Å²) in [4.78, 5) is 11.4. The number of hydrogen-bond donors (Lipinski definition) is 2. The lowest BCUT2D eigenvalue weighted by molar-refractivity contribution is -0.129. The molecule has 1 atom stereocenters. The Labute approximate surface area is 94.8 Å². The first-order valence-corrected chi connectivity index (χ1v) is 6.58. The fourth-order valence-electron chi connectivity index (χ4n) is 1.41. The van der Waals surface area contributed by atoms with Crippen molar-refractivity contribution in [3.8, 4) is 0 Å². The summed E-state index contributed by atoms with van der Waals surface area (Å²) in [5.41, 5.74) is 0. The third-order valence-corrected chi connectivity index (χ3v) is 3.28. The molecule has 1 saturated heterocycles. The first-order valence-electron chi connectivity index (χ1n) is 5.42. The number of thioether (sulfide) groups is 1. The summed E-state index contributed by atoms with van der Waals surface area (Å²) in [6.07, 6.45) is 2.45. The molecule has 0 aromatic carbocycles. The zero-order chi connectivity index (χ0) is 10.9. The standard InChI is InChI=1S/C10H19NO3S/c12-5-2-7-15-8-4-11-10(13)9-3-1-6-14-9/h9,12H,1-8H2,(H,11,13)/t9-/m1/s1. The smallest absolute Gasteiger partial charge is 0.249 e. The summed E-state index contributed by atoms with van der Waals surface area (Å²) in [7, 11) is 0. The Kier molecular flexibility index (Phi) is 6.80. The average molecular weight is 233 g/mol. The number of ether oxygens (including phenoxy) is 1. The Balaban J connectivity index is 1.92. The fourth-order valence-corrected chi connectivity index (χ4v) is 2.20. The van der Waals surface area contributed by atoms with Gasteiger partial charge in [0.1, 0.15) is 6.10 Å². The van der Waals surface area contributed by atoms with Crippen LogP contribution in [0.15, 0.2) is 0 Å². The van der Waals surface area contributed by atoms with Crippen LogP contribution in [0.5, 0.6) is 0 Å². The Morgan fingerprint density at radius 1 is 1.53 bits per heavy atom. The molecule has 2 N–H and O–H groups in total. The molecule has 1 heterocycles. The second kappa shape index (κ2) is 7.96. The SMILES string of the molecule is O=C(NCCSCCCO)[C@H]1CCCO1. The molecule has 15 heavy (non-hydrogen) atoms. The molecular weight excluding hydrogens is 214 g/mol. The van der Waals surface area contributed by atoms with E-state index in [2.05, 4.69) is 5.32 Å². The van der Waals surface area contributed by atoms with Crippen LogP contribution >= 0.6 is 11.8 Å². The molecule has 0 spiro atoms. The van der Waals surface area contributed by atoms with Crippen LogP contribution in [-0.4, -0.2) is 48.4 Å². The molecule has 1 rings (SSSR count). The number of nitrogens with one attached hydrogen (secondary N) is 1. The van der Waals surface area contributed by atoms with E-state index in [1.165, 1.54) is 0 Å². The normalized spacial score (nSPS) is 20.5. The molecule has 0 aromatic heterocycles. The molecule has 4 nitrogen and oxygen atoms in total. The van der Waals surface area contributed by atoms with Crippen LogP contribution < -0.4 is 5.32 Å². The first kappa shape index (κ1) is 12.8. The first-order chi connectivity index (χ1) is 7.34.